The minimum absolute atomic E-state index is 0.0128. The van der Waals surface area contributed by atoms with Crippen molar-refractivity contribution >= 4 is 11.8 Å². The Labute approximate surface area is 178 Å². The third-order valence-electron chi connectivity index (χ3n) is 5.69. The van der Waals surface area contributed by atoms with E-state index in [1.165, 1.54) is 13.0 Å². The molecule has 11 heteroatoms. The van der Waals surface area contributed by atoms with Gasteiger partial charge >= 0.3 is 6.18 Å². The number of hydrogen-bond donors (Lipinski definition) is 1. The molecule has 0 amide bonds. The summed E-state index contributed by atoms with van der Waals surface area (Å²) >= 11 is 0. The van der Waals surface area contributed by atoms with Crippen molar-refractivity contribution < 1.29 is 35.9 Å². The molecule has 170 valence electrons. The van der Waals surface area contributed by atoms with E-state index in [1.54, 1.807) is 0 Å². The average Bonchev–Trinajstić information content (AvgIpc) is 3.47. The fourth-order valence-electron chi connectivity index (χ4n) is 4.08. The average molecular weight is 457 g/mol. The van der Waals surface area contributed by atoms with Crippen LogP contribution in [0.15, 0.2) is 35.5 Å². The molecule has 1 aromatic heterocycles. The van der Waals surface area contributed by atoms with Gasteiger partial charge in [-0.3, -0.25) is 9.78 Å². The molecule has 1 aromatic carbocycles. The van der Waals surface area contributed by atoms with Crippen molar-refractivity contribution in [2.45, 2.75) is 44.0 Å². The number of rotatable bonds is 5. The summed E-state index contributed by atoms with van der Waals surface area (Å²) in [5.74, 6) is -2.34. The molecule has 0 spiro atoms. The third-order valence-corrected chi connectivity index (χ3v) is 5.69. The number of Topliss-reactive ketones (excluding diaryl/α,β-unsaturated/α-hetero) is 1. The van der Waals surface area contributed by atoms with E-state index in [4.69, 9.17) is 10.5 Å². The summed E-state index contributed by atoms with van der Waals surface area (Å²) in [6, 6.07) is 3.65. The molecule has 0 radical (unpaired) electrons. The van der Waals surface area contributed by atoms with E-state index in [0.29, 0.717) is 6.20 Å². The summed E-state index contributed by atoms with van der Waals surface area (Å²) in [4.78, 5) is 20.0. The van der Waals surface area contributed by atoms with Crippen molar-refractivity contribution in [3.8, 4) is 0 Å². The molecular formula is C21H17F6N3O2. The van der Waals surface area contributed by atoms with E-state index < -0.39 is 58.9 Å². The Morgan fingerprint density at radius 2 is 2.03 bits per heavy atom. The van der Waals surface area contributed by atoms with Gasteiger partial charge in [0.25, 0.3) is 12.4 Å². The second kappa shape index (κ2) is 7.49. The lowest BCUT2D eigenvalue weighted by Crippen LogP contribution is -2.43. The normalized spacial score (nSPS) is 24.6. The number of aliphatic imine (C=N–C) groups is 1. The maximum Gasteiger partial charge on any atom is 0.417 e. The number of carbonyl (C=O) groups excluding carboxylic acids is 1. The van der Waals surface area contributed by atoms with Crippen LogP contribution in [0.2, 0.25) is 0 Å². The SMILES string of the molecule is Cc1cc(C(F)(F)F)cnc1C(=O)Cc1ccc(F)c([C@@]2(C(F)F)N=C(N)O[C@@H]3C[C@@H]32)c1. The van der Waals surface area contributed by atoms with Crippen molar-refractivity contribution in [3.05, 3.63) is 64.2 Å². The predicted molar refractivity (Wildman–Crippen MR) is 101 cm³/mol. The van der Waals surface area contributed by atoms with Gasteiger partial charge in [-0.2, -0.15) is 13.2 Å². The Kier molecular flexibility index (Phi) is 5.17. The number of hydrogen-bond acceptors (Lipinski definition) is 5. The number of carbonyl (C=O) groups is 1. The highest BCUT2D eigenvalue weighted by molar-refractivity contribution is 5.97. The zero-order valence-corrected chi connectivity index (χ0v) is 16.6. The number of pyridine rings is 1. The molecule has 4 rings (SSSR count). The topological polar surface area (TPSA) is 77.6 Å². The number of amidine groups is 1. The van der Waals surface area contributed by atoms with Gasteiger partial charge in [0, 0.05) is 24.1 Å². The smallest absolute Gasteiger partial charge is 0.417 e. The Hall–Kier alpha value is -3.11. The maximum absolute atomic E-state index is 14.7. The number of ketones is 1. The highest BCUT2D eigenvalue weighted by atomic mass is 19.4. The molecule has 0 bridgehead atoms. The summed E-state index contributed by atoms with van der Waals surface area (Å²) in [6.45, 7) is 1.31. The summed E-state index contributed by atoms with van der Waals surface area (Å²) in [7, 11) is 0. The molecule has 0 unspecified atom stereocenters. The molecule has 3 atom stereocenters. The quantitative estimate of drug-likeness (QED) is 0.540. The molecular weight excluding hydrogens is 440 g/mol. The van der Waals surface area contributed by atoms with Gasteiger partial charge in [0.2, 0.25) is 0 Å². The Bertz CT molecular complexity index is 1120. The lowest BCUT2D eigenvalue weighted by atomic mass is 9.83. The zero-order valence-electron chi connectivity index (χ0n) is 16.6. The maximum atomic E-state index is 14.7. The summed E-state index contributed by atoms with van der Waals surface area (Å²) < 4.78 is 86.7. The molecule has 32 heavy (non-hydrogen) atoms. The van der Waals surface area contributed by atoms with Crippen LogP contribution in [0.1, 0.15) is 39.2 Å². The molecule has 2 aromatic rings. The van der Waals surface area contributed by atoms with Gasteiger partial charge in [0.15, 0.2) is 11.3 Å². The van der Waals surface area contributed by atoms with Gasteiger partial charge in [0.1, 0.15) is 17.6 Å². The van der Waals surface area contributed by atoms with Crippen molar-refractivity contribution in [2.75, 3.05) is 0 Å². The molecule has 2 N–H and O–H groups in total. The first kappa shape index (κ1) is 22.1. The number of nitrogens with zero attached hydrogens (tertiary/aromatic N) is 2. The molecule has 5 nitrogen and oxygen atoms in total. The summed E-state index contributed by atoms with van der Waals surface area (Å²) in [6.07, 6.45) is -7.89. The van der Waals surface area contributed by atoms with Crippen molar-refractivity contribution in [3.63, 3.8) is 0 Å². The number of benzene rings is 1. The predicted octanol–water partition coefficient (Wildman–Crippen LogP) is 4.17. The van der Waals surface area contributed by atoms with Gasteiger partial charge in [-0.25, -0.2) is 18.2 Å². The fraction of sp³-hybridized carbons (Fsp3) is 0.381. The van der Waals surface area contributed by atoms with Crippen molar-refractivity contribution in [2.24, 2.45) is 16.6 Å². The number of aryl methyl sites for hydroxylation is 1. The molecule has 1 saturated carbocycles. The van der Waals surface area contributed by atoms with Gasteiger partial charge < -0.3 is 10.5 Å². The largest absolute Gasteiger partial charge is 0.462 e. The lowest BCUT2D eigenvalue weighted by molar-refractivity contribution is -0.137. The first-order valence-electron chi connectivity index (χ1n) is 9.59. The number of ether oxygens (including phenoxy) is 1. The number of nitrogens with two attached hydrogens (primary N) is 1. The lowest BCUT2D eigenvalue weighted by Gasteiger charge is -2.33. The number of halogens is 6. The van der Waals surface area contributed by atoms with Crippen LogP contribution in [0, 0.1) is 18.7 Å². The first-order chi connectivity index (χ1) is 14.9. The van der Waals surface area contributed by atoms with E-state index in [1.807, 2.05) is 0 Å². The van der Waals surface area contributed by atoms with Crippen LogP contribution >= 0.6 is 0 Å². The van der Waals surface area contributed by atoms with E-state index in [0.717, 1.165) is 18.2 Å². The highest BCUT2D eigenvalue weighted by Crippen LogP contribution is 2.56. The number of fused-ring (bicyclic) bond motifs is 1. The van der Waals surface area contributed by atoms with Crippen LogP contribution in [0.4, 0.5) is 26.3 Å². The molecule has 1 fully saturated rings. The van der Waals surface area contributed by atoms with E-state index >= 15 is 0 Å². The van der Waals surface area contributed by atoms with Crippen LogP contribution in [0.3, 0.4) is 0 Å². The standard InChI is InChI=1S/C21H17F6N3O2/c1-9-4-11(21(25,26)27)8-29-17(9)15(31)6-10-2-3-14(22)12(5-10)20(18(23)24)13-7-16(13)32-19(28)30-20/h2-5,8,13,16,18H,6-7H2,1H3,(H2,28,30)/t13-,16+,20+/m0/s1. The van der Waals surface area contributed by atoms with Gasteiger partial charge in [-0.05, 0) is 42.7 Å². The molecule has 1 aliphatic carbocycles. The Balaban J connectivity index is 1.67. The minimum atomic E-state index is -4.61. The van der Waals surface area contributed by atoms with Gasteiger partial charge in [-0.1, -0.05) is 6.07 Å². The molecule has 2 heterocycles. The van der Waals surface area contributed by atoms with Crippen LogP contribution in [0.5, 0.6) is 0 Å². The van der Waals surface area contributed by atoms with Crippen molar-refractivity contribution in [1.29, 1.82) is 0 Å². The van der Waals surface area contributed by atoms with E-state index in [-0.39, 0.29) is 29.7 Å². The van der Waals surface area contributed by atoms with E-state index in [2.05, 4.69) is 9.98 Å². The zero-order chi connectivity index (χ0) is 23.4. The number of aromatic nitrogens is 1. The van der Waals surface area contributed by atoms with Crippen molar-refractivity contribution in [1.82, 2.24) is 4.98 Å². The highest BCUT2D eigenvalue weighted by Gasteiger charge is 2.64. The second-order valence-electron chi connectivity index (χ2n) is 7.88. The Morgan fingerprint density at radius 3 is 2.66 bits per heavy atom. The second-order valence-corrected chi connectivity index (χ2v) is 7.88. The first-order valence-corrected chi connectivity index (χ1v) is 9.59. The number of alkyl halides is 5. The summed E-state index contributed by atoms with van der Waals surface area (Å²) in [5, 5.41) is 0. The van der Waals surface area contributed by atoms with E-state index in [9.17, 15) is 31.1 Å². The van der Waals surface area contributed by atoms with Crippen LogP contribution < -0.4 is 5.73 Å². The van der Waals surface area contributed by atoms with Crippen LogP contribution in [-0.2, 0) is 22.9 Å². The molecule has 2 aliphatic rings. The van der Waals surface area contributed by atoms with Crippen LogP contribution in [0.25, 0.3) is 0 Å². The van der Waals surface area contributed by atoms with Gasteiger partial charge in [0.05, 0.1) is 5.56 Å². The summed E-state index contributed by atoms with van der Waals surface area (Å²) in [5.41, 5.74) is 1.90. The monoisotopic (exact) mass is 457 g/mol. The minimum Gasteiger partial charge on any atom is -0.462 e. The fourth-order valence-corrected chi connectivity index (χ4v) is 4.08. The Morgan fingerprint density at radius 1 is 1.31 bits per heavy atom. The van der Waals surface area contributed by atoms with Gasteiger partial charge in [-0.15, -0.1) is 0 Å². The molecule has 0 saturated heterocycles. The molecule has 1 aliphatic heterocycles. The third kappa shape index (κ3) is 3.69. The van der Waals surface area contributed by atoms with Crippen LogP contribution in [-0.4, -0.2) is 29.3 Å².